The molecule has 1 atom stereocenters. The maximum absolute atomic E-state index is 12.3. The highest BCUT2D eigenvalue weighted by Crippen LogP contribution is 2.39. The molecule has 1 amide bonds. The summed E-state index contributed by atoms with van der Waals surface area (Å²) in [4.78, 5) is 14.3. The van der Waals surface area contributed by atoms with Gasteiger partial charge in [0.25, 0.3) is 5.91 Å². The number of rotatable bonds is 3. The third kappa shape index (κ3) is 3.37. The van der Waals surface area contributed by atoms with E-state index < -0.39 is 0 Å². The molecule has 2 aromatic rings. The largest absolute Gasteiger partial charge is 0.454 e. The summed E-state index contributed by atoms with van der Waals surface area (Å²) in [5, 5.41) is 4.49. The Balaban J connectivity index is 1.44. The highest BCUT2D eigenvalue weighted by atomic mass is 35.5. The first-order valence-corrected chi connectivity index (χ1v) is 9.33. The van der Waals surface area contributed by atoms with Crippen LogP contribution in [-0.4, -0.2) is 18.9 Å². The van der Waals surface area contributed by atoms with Crippen LogP contribution in [0.1, 0.15) is 39.0 Å². The van der Waals surface area contributed by atoms with Gasteiger partial charge in [0, 0.05) is 4.88 Å². The highest BCUT2D eigenvalue weighted by Gasteiger charge is 2.21. The van der Waals surface area contributed by atoms with Gasteiger partial charge in [-0.25, -0.2) is 5.43 Å². The minimum absolute atomic E-state index is 0.161. The van der Waals surface area contributed by atoms with Crippen LogP contribution in [0.4, 0.5) is 0 Å². The number of thiophene rings is 1. The first-order chi connectivity index (χ1) is 12.1. The summed E-state index contributed by atoms with van der Waals surface area (Å²) in [5.41, 5.74) is 4.62. The van der Waals surface area contributed by atoms with Crippen molar-refractivity contribution in [3.63, 3.8) is 0 Å². The first-order valence-electron chi connectivity index (χ1n) is 8.14. The quantitative estimate of drug-likeness (QED) is 0.650. The van der Waals surface area contributed by atoms with Crippen LogP contribution in [0.2, 0.25) is 5.02 Å². The first kappa shape index (κ1) is 16.4. The van der Waals surface area contributed by atoms with Crippen molar-refractivity contribution in [2.45, 2.75) is 26.2 Å². The number of hydrazone groups is 1. The van der Waals surface area contributed by atoms with Crippen LogP contribution in [0.15, 0.2) is 23.3 Å². The summed E-state index contributed by atoms with van der Waals surface area (Å²) in [5.74, 6) is 1.63. The number of benzene rings is 1. The van der Waals surface area contributed by atoms with Gasteiger partial charge in [-0.15, -0.1) is 11.3 Å². The Kier molecular flexibility index (Phi) is 4.39. The van der Waals surface area contributed by atoms with Crippen molar-refractivity contribution < 1.29 is 14.3 Å². The molecule has 25 heavy (non-hydrogen) atoms. The predicted molar refractivity (Wildman–Crippen MR) is 98.1 cm³/mol. The molecule has 1 N–H and O–H groups in total. The third-order valence-corrected chi connectivity index (χ3v) is 5.90. The summed E-state index contributed by atoms with van der Waals surface area (Å²) >= 11 is 7.70. The lowest BCUT2D eigenvalue weighted by Gasteiger charge is -2.16. The number of hydrogen-bond donors (Lipinski definition) is 1. The lowest BCUT2D eigenvalue weighted by molar-refractivity contribution is 0.0959. The van der Waals surface area contributed by atoms with Crippen LogP contribution in [-0.2, 0) is 12.8 Å². The zero-order valence-corrected chi connectivity index (χ0v) is 15.2. The Labute approximate surface area is 154 Å². The molecule has 0 bridgehead atoms. The number of aryl methyl sites for hydroxylation is 1. The molecule has 5 nitrogen and oxygen atoms in total. The van der Waals surface area contributed by atoms with Gasteiger partial charge in [-0.2, -0.15) is 5.10 Å². The molecule has 1 aromatic carbocycles. The molecule has 0 unspecified atom stereocenters. The van der Waals surface area contributed by atoms with Gasteiger partial charge in [0.05, 0.1) is 16.1 Å². The van der Waals surface area contributed by atoms with E-state index in [4.69, 9.17) is 21.1 Å². The van der Waals surface area contributed by atoms with Crippen LogP contribution in [0.3, 0.4) is 0 Å². The Morgan fingerprint density at radius 3 is 3.16 bits per heavy atom. The average Bonchev–Trinajstić information content (AvgIpc) is 3.21. The Morgan fingerprint density at radius 1 is 1.40 bits per heavy atom. The van der Waals surface area contributed by atoms with Crippen molar-refractivity contribution >= 4 is 35.1 Å². The van der Waals surface area contributed by atoms with Gasteiger partial charge < -0.3 is 9.47 Å². The van der Waals surface area contributed by atoms with Gasteiger partial charge >= 0.3 is 0 Å². The van der Waals surface area contributed by atoms with Crippen LogP contribution in [0.5, 0.6) is 11.5 Å². The predicted octanol–water partition coefficient (Wildman–Crippen LogP) is 4.02. The van der Waals surface area contributed by atoms with E-state index in [1.54, 1.807) is 29.7 Å². The zero-order valence-electron chi connectivity index (χ0n) is 13.7. The molecule has 0 radical (unpaired) electrons. The summed E-state index contributed by atoms with van der Waals surface area (Å²) in [6, 6.07) is 5.49. The summed E-state index contributed by atoms with van der Waals surface area (Å²) in [6.45, 7) is 2.41. The molecule has 1 aliphatic carbocycles. The van der Waals surface area contributed by atoms with E-state index in [1.807, 2.05) is 6.07 Å². The van der Waals surface area contributed by atoms with E-state index in [9.17, 15) is 4.79 Å². The van der Waals surface area contributed by atoms with E-state index in [1.165, 1.54) is 16.9 Å². The van der Waals surface area contributed by atoms with Crippen LogP contribution >= 0.6 is 22.9 Å². The lowest BCUT2D eigenvalue weighted by Crippen LogP contribution is -2.16. The van der Waals surface area contributed by atoms with Gasteiger partial charge in [0.15, 0.2) is 11.5 Å². The second-order valence-corrected chi connectivity index (χ2v) is 7.89. The molecule has 0 saturated carbocycles. The molecule has 4 rings (SSSR count). The van der Waals surface area contributed by atoms with Crippen molar-refractivity contribution in [3.8, 4) is 11.5 Å². The van der Waals surface area contributed by atoms with Gasteiger partial charge in [-0.1, -0.05) is 18.5 Å². The van der Waals surface area contributed by atoms with Gasteiger partial charge in [-0.05, 0) is 54.5 Å². The zero-order chi connectivity index (χ0) is 17.4. The Bertz CT molecular complexity index is 862. The number of carbonyl (C=O) groups is 1. The van der Waals surface area contributed by atoms with E-state index in [2.05, 4.69) is 17.5 Å². The molecule has 2 heterocycles. The summed E-state index contributed by atoms with van der Waals surface area (Å²) in [6.07, 6.45) is 4.85. The average molecular weight is 377 g/mol. The topological polar surface area (TPSA) is 59.9 Å². The molecule has 0 fully saturated rings. The number of fused-ring (bicyclic) bond motifs is 2. The maximum atomic E-state index is 12.3. The second-order valence-electron chi connectivity index (χ2n) is 6.34. The van der Waals surface area contributed by atoms with Crippen molar-refractivity contribution in [1.82, 2.24) is 5.43 Å². The fraction of sp³-hybridized carbons (Fsp3) is 0.333. The summed E-state index contributed by atoms with van der Waals surface area (Å²) in [7, 11) is 0. The number of hydrogen-bond acceptors (Lipinski definition) is 5. The van der Waals surface area contributed by atoms with Gasteiger partial charge in [-0.3, -0.25) is 4.79 Å². The van der Waals surface area contributed by atoms with E-state index in [-0.39, 0.29) is 12.7 Å². The van der Waals surface area contributed by atoms with Crippen LogP contribution in [0, 0.1) is 5.92 Å². The van der Waals surface area contributed by atoms with Crippen LogP contribution < -0.4 is 14.9 Å². The molecular weight excluding hydrogens is 360 g/mol. The van der Waals surface area contributed by atoms with Crippen LogP contribution in [0.25, 0.3) is 0 Å². The van der Waals surface area contributed by atoms with Crippen molar-refractivity contribution in [2.75, 3.05) is 6.79 Å². The van der Waals surface area contributed by atoms with E-state index >= 15 is 0 Å². The number of amides is 1. The minimum atomic E-state index is -0.185. The number of halogens is 1. The normalized spacial score (nSPS) is 18.4. The summed E-state index contributed by atoms with van der Waals surface area (Å²) < 4.78 is 10.6. The van der Waals surface area contributed by atoms with Gasteiger partial charge in [0.1, 0.15) is 0 Å². The molecule has 0 spiro atoms. The fourth-order valence-corrected chi connectivity index (χ4v) is 4.47. The lowest BCUT2D eigenvalue weighted by atomic mass is 9.90. The molecule has 2 aliphatic rings. The number of carbonyl (C=O) groups excluding carboxylic acids is 1. The number of ether oxygens (including phenoxy) is 2. The van der Waals surface area contributed by atoms with Crippen molar-refractivity contribution in [3.05, 3.63) is 44.1 Å². The standard InChI is InChI=1S/C18H17ClN2O3S/c1-10-2-3-15-12(4-10)7-16(25-15)18(22)21-20-8-11-5-13(19)17-14(6-11)23-9-24-17/h5-8,10H,2-4,9H2,1H3,(H,21,22)/b20-8-/t10-/m0/s1. The molecule has 130 valence electrons. The Morgan fingerprint density at radius 2 is 2.28 bits per heavy atom. The maximum Gasteiger partial charge on any atom is 0.281 e. The van der Waals surface area contributed by atoms with Crippen molar-refractivity contribution in [1.29, 1.82) is 0 Å². The van der Waals surface area contributed by atoms with Crippen molar-refractivity contribution in [2.24, 2.45) is 11.0 Å². The highest BCUT2D eigenvalue weighted by molar-refractivity contribution is 7.14. The van der Waals surface area contributed by atoms with E-state index in [0.29, 0.717) is 27.3 Å². The fourth-order valence-electron chi connectivity index (χ4n) is 3.10. The number of nitrogens with one attached hydrogen (secondary N) is 1. The minimum Gasteiger partial charge on any atom is -0.454 e. The van der Waals surface area contributed by atoms with E-state index in [0.717, 1.165) is 18.4 Å². The SMILES string of the molecule is C[C@H]1CCc2sc(C(=O)N/N=C\c3cc(Cl)c4c(c3)OCO4)cc2C1. The molecule has 1 aromatic heterocycles. The molecule has 7 heteroatoms. The molecular formula is C18H17ClN2O3S. The Hall–Kier alpha value is -2.05. The number of nitrogens with zero attached hydrogens (tertiary/aromatic N) is 1. The molecule has 0 saturated heterocycles. The monoisotopic (exact) mass is 376 g/mol. The second kappa shape index (κ2) is 6.69. The third-order valence-electron chi connectivity index (χ3n) is 4.38. The smallest absolute Gasteiger partial charge is 0.281 e. The molecule has 1 aliphatic heterocycles. The van der Waals surface area contributed by atoms with Gasteiger partial charge in [0.2, 0.25) is 6.79 Å².